The average molecular weight is 274 g/mol. The van der Waals surface area contributed by atoms with Gasteiger partial charge in [-0.2, -0.15) is 0 Å². The number of hydrogen-bond donors (Lipinski definition) is 1. The molecule has 0 bridgehead atoms. The van der Waals surface area contributed by atoms with Crippen molar-refractivity contribution in [3.05, 3.63) is 0 Å². The molecule has 0 aromatic rings. The van der Waals surface area contributed by atoms with Crippen LogP contribution in [0.5, 0.6) is 0 Å². The van der Waals surface area contributed by atoms with Gasteiger partial charge in [-0.05, 0) is 44.4 Å². The SMILES string of the molecule is CCCC(CCC)C(=O)NCC1CCC(Cl)CC1. The lowest BCUT2D eigenvalue weighted by atomic mass is 9.88. The zero-order chi connectivity index (χ0) is 13.4. The third kappa shape index (κ3) is 5.60. The molecule has 3 heteroatoms. The molecule has 1 N–H and O–H groups in total. The van der Waals surface area contributed by atoms with Crippen LogP contribution in [0.1, 0.15) is 65.2 Å². The van der Waals surface area contributed by atoms with E-state index in [9.17, 15) is 4.79 Å². The molecule has 0 aromatic heterocycles. The van der Waals surface area contributed by atoms with Gasteiger partial charge in [0, 0.05) is 17.8 Å². The predicted molar refractivity (Wildman–Crippen MR) is 77.9 cm³/mol. The molecule has 1 saturated carbocycles. The van der Waals surface area contributed by atoms with E-state index < -0.39 is 0 Å². The van der Waals surface area contributed by atoms with Crippen molar-refractivity contribution in [1.82, 2.24) is 5.32 Å². The van der Waals surface area contributed by atoms with Crippen LogP contribution in [-0.4, -0.2) is 17.8 Å². The van der Waals surface area contributed by atoms with Crippen LogP contribution in [0.4, 0.5) is 0 Å². The molecule has 0 saturated heterocycles. The predicted octanol–water partition coefficient (Wildman–Crippen LogP) is 4.12. The summed E-state index contributed by atoms with van der Waals surface area (Å²) in [6, 6.07) is 0. The van der Waals surface area contributed by atoms with Crippen molar-refractivity contribution in [3.8, 4) is 0 Å². The van der Waals surface area contributed by atoms with E-state index in [1.807, 2.05) is 0 Å². The molecule has 0 aromatic carbocycles. The molecule has 1 aliphatic rings. The molecule has 1 fully saturated rings. The monoisotopic (exact) mass is 273 g/mol. The first-order valence-corrected chi connectivity index (χ1v) is 8.02. The highest BCUT2D eigenvalue weighted by molar-refractivity contribution is 6.20. The highest BCUT2D eigenvalue weighted by Gasteiger charge is 2.21. The summed E-state index contributed by atoms with van der Waals surface area (Å²) in [7, 11) is 0. The van der Waals surface area contributed by atoms with Gasteiger partial charge >= 0.3 is 0 Å². The Morgan fingerprint density at radius 2 is 1.72 bits per heavy atom. The van der Waals surface area contributed by atoms with Crippen LogP contribution < -0.4 is 5.32 Å². The Labute approximate surface area is 117 Å². The van der Waals surface area contributed by atoms with E-state index in [4.69, 9.17) is 11.6 Å². The molecule has 0 heterocycles. The van der Waals surface area contributed by atoms with Crippen LogP contribution >= 0.6 is 11.6 Å². The number of nitrogens with one attached hydrogen (secondary N) is 1. The van der Waals surface area contributed by atoms with Crippen molar-refractivity contribution < 1.29 is 4.79 Å². The number of hydrogen-bond acceptors (Lipinski definition) is 1. The second kappa shape index (κ2) is 8.79. The Morgan fingerprint density at radius 1 is 1.17 bits per heavy atom. The molecule has 106 valence electrons. The Morgan fingerprint density at radius 3 is 2.22 bits per heavy atom. The zero-order valence-corrected chi connectivity index (χ0v) is 12.6. The minimum Gasteiger partial charge on any atom is -0.356 e. The van der Waals surface area contributed by atoms with Gasteiger partial charge < -0.3 is 5.32 Å². The van der Waals surface area contributed by atoms with Crippen molar-refractivity contribution in [2.24, 2.45) is 11.8 Å². The van der Waals surface area contributed by atoms with Crippen LogP contribution in [0, 0.1) is 11.8 Å². The summed E-state index contributed by atoms with van der Waals surface area (Å²) in [5.41, 5.74) is 0. The zero-order valence-electron chi connectivity index (χ0n) is 11.9. The molecule has 0 atom stereocenters. The maximum Gasteiger partial charge on any atom is 0.223 e. The quantitative estimate of drug-likeness (QED) is 0.695. The third-order valence-electron chi connectivity index (χ3n) is 3.99. The van der Waals surface area contributed by atoms with Crippen LogP contribution in [0.15, 0.2) is 0 Å². The summed E-state index contributed by atoms with van der Waals surface area (Å²) in [6.45, 7) is 5.15. The number of carbonyl (C=O) groups excluding carboxylic acids is 1. The topological polar surface area (TPSA) is 29.1 Å². The van der Waals surface area contributed by atoms with Crippen molar-refractivity contribution in [3.63, 3.8) is 0 Å². The second-order valence-corrected chi connectivity index (χ2v) is 6.25. The van der Waals surface area contributed by atoms with E-state index in [1.54, 1.807) is 0 Å². The van der Waals surface area contributed by atoms with Gasteiger partial charge in [-0.3, -0.25) is 4.79 Å². The van der Waals surface area contributed by atoms with Crippen LogP contribution in [0.25, 0.3) is 0 Å². The van der Waals surface area contributed by atoms with Gasteiger partial charge in [-0.1, -0.05) is 26.7 Å². The number of rotatable bonds is 7. The molecule has 0 radical (unpaired) electrons. The Hall–Kier alpha value is -0.240. The van der Waals surface area contributed by atoms with Gasteiger partial charge in [-0.15, -0.1) is 11.6 Å². The minimum absolute atomic E-state index is 0.226. The summed E-state index contributed by atoms with van der Waals surface area (Å²) in [4.78, 5) is 12.1. The van der Waals surface area contributed by atoms with Gasteiger partial charge in [-0.25, -0.2) is 0 Å². The number of amides is 1. The summed E-state index contributed by atoms with van der Waals surface area (Å²) in [5, 5.41) is 3.52. The largest absolute Gasteiger partial charge is 0.356 e. The van der Waals surface area contributed by atoms with Crippen molar-refractivity contribution in [1.29, 1.82) is 0 Å². The lowest BCUT2D eigenvalue weighted by Crippen LogP contribution is -2.35. The van der Waals surface area contributed by atoms with Gasteiger partial charge in [0.15, 0.2) is 0 Å². The van der Waals surface area contributed by atoms with Gasteiger partial charge in [0.05, 0.1) is 0 Å². The highest BCUT2D eigenvalue weighted by Crippen LogP contribution is 2.27. The van der Waals surface area contributed by atoms with E-state index in [0.717, 1.165) is 45.1 Å². The Kier molecular flexibility index (Phi) is 7.73. The summed E-state index contributed by atoms with van der Waals surface area (Å²) in [5.74, 6) is 1.14. The van der Waals surface area contributed by atoms with E-state index in [2.05, 4.69) is 19.2 Å². The maximum atomic E-state index is 12.1. The molecule has 18 heavy (non-hydrogen) atoms. The van der Waals surface area contributed by atoms with Crippen molar-refractivity contribution >= 4 is 17.5 Å². The average Bonchev–Trinajstić information content (AvgIpc) is 2.37. The number of alkyl halides is 1. The van der Waals surface area contributed by atoms with Crippen LogP contribution in [0.3, 0.4) is 0 Å². The van der Waals surface area contributed by atoms with Crippen LogP contribution in [-0.2, 0) is 4.79 Å². The molecule has 2 nitrogen and oxygen atoms in total. The Bertz CT molecular complexity index is 231. The minimum atomic E-state index is 0.226. The van der Waals surface area contributed by atoms with Gasteiger partial charge in [0.25, 0.3) is 0 Å². The lowest BCUT2D eigenvalue weighted by Gasteiger charge is -2.26. The standard InChI is InChI=1S/C15H28ClNO/c1-3-5-13(6-4-2)15(18)17-11-12-7-9-14(16)10-8-12/h12-14H,3-11H2,1-2H3,(H,17,18). The Balaban J connectivity index is 2.25. The molecule has 1 aliphatic carbocycles. The van der Waals surface area contributed by atoms with Crippen molar-refractivity contribution in [2.75, 3.05) is 6.54 Å². The van der Waals surface area contributed by atoms with E-state index in [0.29, 0.717) is 11.3 Å². The molecule has 1 rings (SSSR count). The molecule has 0 aliphatic heterocycles. The summed E-state index contributed by atoms with van der Waals surface area (Å²) >= 11 is 6.09. The molecular weight excluding hydrogens is 246 g/mol. The molecule has 0 spiro atoms. The number of halogens is 1. The van der Waals surface area contributed by atoms with Gasteiger partial charge in [0.2, 0.25) is 5.91 Å². The first-order valence-electron chi connectivity index (χ1n) is 7.59. The van der Waals surface area contributed by atoms with Crippen molar-refractivity contribution in [2.45, 2.75) is 70.6 Å². The second-order valence-electron chi connectivity index (χ2n) is 5.64. The highest BCUT2D eigenvalue weighted by atomic mass is 35.5. The van der Waals surface area contributed by atoms with E-state index in [1.165, 1.54) is 12.8 Å². The molecule has 0 unspecified atom stereocenters. The normalized spacial score (nSPS) is 24.2. The van der Waals surface area contributed by atoms with Gasteiger partial charge in [0.1, 0.15) is 0 Å². The fourth-order valence-electron chi connectivity index (χ4n) is 2.82. The summed E-state index contributed by atoms with van der Waals surface area (Å²) in [6.07, 6.45) is 8.78. The first-order chi connectivity index (χ1) is 8.67. The van der Waals surface area contributed by atoms with E-state index >= 15 is 0 Å². The summed E-state index contributed by atoms with van der Waals surface area (Å²) < 4.78 is 0. The fourth-order valence-corrected chi connectivity index (χ4v) is 3.07. The number of carbonyl (C=O) groups is 1. The fraction of sp³-hybridized carbons (Fsp3) is 0.933. The third-order valence-corrected chi connectivity index (χ3v) is 4.42. The first kappa shape index (κ1) is 15.8. The molecular formula is C15H28ClNO. The maximum absolute atomic E-state index is 12.1. The van der Waals surface area contributed by atoms with Crippen LogP contribution in [0.2, 0.25) is 0 Å². The molecule has 1 amide bonds. The smallest absolute Gasteiger partial charge is 0.223 e. The van der Waals surface area contributed by atoms with E-state index in [-0.39, 0.29) is 11.8 Å². The lowest BCUT2D eigenvalue weighted by molar-refractivity contribution is -0.125.